The Morgan fingerprint density at radius 2 is 1.40 bits per heavy atom. The van der Waals surface area contributed by atoms with E-state index >= 15 is 0 Å². The molecule has 0 aliphatic heterocycles. The van der Waals surface area contributed by atoms with Crippen LogP contribution in [0, 0.1) is 0 Å². The third-order valence-corrected chi connectivity index (χ3v) is 2.76. The van der Waals surface area contributed by atoms with Gasteiger partial charge in [-0.25, -0.2) is 0 Å². The van der Waals surface area contributed by atoms with Gasteiger partial charge < -0.3 is 11.5 Å². The lowest BCUT2D eigenvalue weighted by Gasteiger charge is -2.03. The summed E-state index contributed by atoms with van der Waals surface area (Å²) in [7, 11) is 1.50. The average molecular weight is 270 g/mol. The summed E-state index contributed by atoms with van der Waals surface area (Å²) in [5.74, 6) is -0.420. The van der Waals surface area contributed by atoms with Crippen LogP contribution in [0.2, 0.25) is 0 Å². The molecule has 0 aromatic heterocycles. The van der Waals surface area contributed by atoms with Crippen molar-refractivity contribution in [1.82, 2.24) is 0 Å². The molecule has 2 aromatic rings. The molecule has 2 aromatic carbocycles. The second-order valence-electron chi connectivity index (χ2n) is 4.10. The van der Waals surface area contributed by atoms with E-state index in [2.05, 4.69) is 5.73 Å². The summed E-state index contributed by atoms with van der Waals surface area (Å²) in [4.78, 5) is 21.5. The molecule has 0 atom stereocenters. The first-order valence-corrected chi connectivity index (χ1v) is 6.19. The summed E-state index contributed by atoms with van der Waals surface area (Å²) in [6.07, 6.45) is 1.59. The van der Waals surface area contributed by atoms with Gasteiger partial charge in [-0.2, -0.15) is 0 Å². The van der Waals surface area contributed by atoms with Crippen LogP contribution in [0.1, 0.15) is 31.8 Å². The minimum Gasteiger partial charge on any atom is -0.366 e. The Labute approximate surface area is 118 Å². The van der Waals surface area contributed by atoms with E-state index in [9.17, 15) is 9.59 Å². The lowest BCUT2D eigenvalue weighted by Crippen LogP contribution is -2.10. The maximum Gasteiger partial charge on any atom is 0.248 e. The van der Waals surface area contributed by atoms with Crippen LogP contribution in [-0.2, 0) is 6.42 Å². The Kier molecular flexibility index (Phi) is 6.13. The van der Waals surface area contributed by atoms with Gasteiger partial charge in [-0.15, -0.1) is 0 Å². The molecule has 0 unspecified atom stereocenters. The van der Waals surface area contributed by atoms with Crippen LogP contribution in [0.15, 0.2) is 48.5 Å². The molecule has 4 heteroatoms. The fourth-order valence-corrected chi connectivity index (χ4v) is 1.74. The molecule has 4 nitrogen and oxygen atoms in total. The van der Waals surface area contributed by atoms with E-state index in [-0.39, 0.29) is 0 Å². The molecular formula is C16H18N2O2. The van der Waals surface area contributed by atoms with Crippen molar-refractivity contribution in [2.45, 2.75) is 6.42 Å². The summed E-state index contributed by atoms with van der Waals surface area (Å²) >= 11 is 0. The average Bonchev–Trinajstić information content (AvgIpc) is 2.50. The second-order valence-corrected chi connectivity index (χ2v) is 4.10. The maximum absolute atomic E-state index is 10.9. The number of amides is 1. The number of aldehydes is 1. The standard InChI is InChI=1S/C15H13NO2.CH5N/c16-15(18)14-7-5-12(6-8-14)9-11-1-3-13(10-17)4-2-11;1-2/h1-8,10H,9H2,(H2,16,18);2H2,1H3. The summed E-state index contributed by atoms with van der Waals surface area (Å²) in [6, 6.07) is 14.6. The van der Waals surface area contributed by atoms with E-state index in [4.69, 9.17) is 5.73 Å². The molecular weight excluding hydrogens is 252 g/mol. The number of rotatable bonds is 4. The lowest BCUT2D eigenvalue weighted by molar-refractivity contribution is 0.1000. The van der Waals surface area contributed by atoms with Gasteiger partial charge in [0.05, 0.1) is 0 Å². The van der Waals surface area contributed by atoms with Crippen molar-refractivity contribution in [3.8, 4) is 0 Å². The van der Waals surface area contributed by atoms with Crippen molar-refractivity contribution in [1.29, 1.82) is 0 Å². The molecule has 104 valence electrons. The van der Waals surface area contributed by atoms with Gasteiger partial charge in [0, 0.05) is 11.1 Å². The number of nitrogens with two attached hydrogens (primary N) is 2. The van der Waals surface area contributed by atoms with Crippen LogP contribution in [-0.4, -0.2) is 19.2 Å². The zero-order valence-electron chi connectivity index (χ0n) is 11.4. The minimum absolute atomic E-state index is 0.420. The smallest absolute Gasteiger partial charge is 0.248 e. The monoisotopic (exact) mass is 270 g/mol. The number of hydrogen-bond acceptors (Lipinski definition) is 3. The quantitative estimate of drug-likeness (QED) is 0.830. The van der Waals surface area contributed by atoms with Crippen LogP contribution in [0.5, 0.6) is 0 Å². The van der Waals surface area contributed by atoms with Gasteiger partial charge >= 0.3 is 0 Å². The molecule has 1 amide bonds. The Balaban J connectivity index is 0.000000956. The molecule has 0 spiro atoms. The van der Waals surface area contributed by atoms with E-state index in [0.717, 1.165) is 23.8 Å². The van der Waals surface area contributed by atoms with Gasteiger partial charge in [0.25, 0.3) is 0 Å². The number of carbonyl (C=O) groups is 2. The SMILES string of the molecule is CN.NC(=O)c1ccc(Cc2ccc(C=O)cc2)cc1. The van der Waals surface area contributed by atoms with E-state index in [1.54, 1.807) is 24.3 Å². The lowest BCUT2D eigenvalue weighted by atomic mass is 10.0. The fraction of sp³-hybridized carbons (Fsp3) is 0.125. The number of benzene rings is 2. The molecule has 0 saturated carbocycles. The summed E-state index contributed by atoms with van der Waals surface area (Å²) in [5.41, 5.74) is 13.1. The van der Waals surface area contributed by atoms with Gasteiger partial charge in [-0.1, -0.05) is 36.4 Å². The van der Waals surface area contributed by atoms with E-state index < -0.39 is 5.91 Å². The van der Waals surface area contributed by atoms with Gasteiger partial charge in [-0.3, -0.25) is 9.59 Å². The van der Waals surface area contributed by atoms with Gasteiger partial charge in [0.1, 0.15) is 6.29 Å². The molecule has 0 fully saturated rings. The number of carbonyl (C=O) groups excluding carboxylic acids is 2. The highest BCUT2D eigenvalue weighted by molar-refractivity contribution is 5.92. The Hall–Kier alpha value is -2.46. The highest BCUT2D eigenvalue weighted by Crippen LogP contribution is 2.11. The maximum atomic E-state index is 10.9. The molecule has 2 rings (SSSR count). The van der Waals surface area contributed by atoms with Crippen LogP contribution < -0.4 is 11.5 Å². The van der Waals surface area contributed by atoms with Crippen molar-refractivity contribution in [2.75, 3.05) is 7.05 Å². The van der Waals surface area contributed by atoms with E-state index in [1.165, 1.54) is 7.05 Å². The van der Waals surface area contributed by atoms with Crippen molar-refractivity contribution in [3.05, 3.63) is 70.8 Å². The first-order valence-electron chi connectivity index (χ1n) is 6.19. The van der Waals surface area contributed by atoms with E-state index in [1.807, 2.05) is 24.3 Å². The highest BCUT2D eigenvalue weighted by atomic mass is 16.1. The summed E-state index contributed by atoms with van der Waals surface area (Å²) in [5, 5.41) is 0. The molecule has 0 heterocycles. The van der Waals surface area contributed by atoms with Crippen molar-refractivity contribution in [2.24, 2.45) is 11.5 Å². The topological polar surface area (TPSA) is 86.2 Å². The third kappa shape index (κ3) is 4.33. The molecule has 0 saturated heterocycles. The van der Waals surface area contributed by atoms with E-state index in [0.29, 0.717) is 11.1 Å². The minimum atomic E-state index is -0.420. The van der Waals surface area contributed by atoms with Crippen LogP contribution in [0.4, 0.5) is 0 Å². The van der Waals surface area contributed by atoms with Crippen LogP contribution in [0.3, 0.4) is 0 Å². The number of hydrogen-bond donors (Lipinski definition) is 2. The molecule has 20 heavy (non-hydrogen) atoms. The Morgan fingerprint density at radius 1 is 0.950 bits per heavy atom. The fourth-order valence-electron chi connectivity index (χ4n) is 1.74. The molecule has 0 aliphatic carbocycles. The van der Waals surface area contributed by atoms with Crippen molar-refractivity contribution >= 4 is 12.2 Å². The molecule has 0 aliphatic rings. The van der Waals surface area contributed by atoms with Gasteiger partial charge in [-0.05, 0) is 36.7 Å². The molecule has 4 N–H and O–H groups in total. The van der Waals surface area contributed by atoms with Gasteiger partial charge in [0.15, 0.2) is 0 Å². The van der Waals surface area contributed by atoms with Gasteiger partial charge in [0.2, 0.25) is 5.91 Å². The Morgan fingerprint density at radius 3 is 1.80 bits per heavy atom. The summed E-state index contributed by atoms with van der Waals surface area (Å²) < 4.78 is 0. The number of primary amides is 1. The first kappa shape index (κ1) is 15.6. The van der Waals surface area contributed by atoms with Crippen LogP contribution >= 0.6 is 0 Å². The van der Waals surface area contributed by atoms with Crippen LogP contribution in [0.25, 0.3) is 0 Å². The second kappa shape index (κ2) is 7.86. The van der Waals surface area contributed by atoms with Crippen molar-refractivity contribution in [3.63, 3.8) is 0 Å². The summed E-state index contributed by atoms with van der Waals surface area (Å²) in [6.45, 7) is 0. The highest BCUT2D eigenvalue weighted by Gasteiger charge is 2.01. The largest absolute Gasteiger partial charge is 0.366 e. The molecule has 0 radical (unpaired) electrons. The third-order valence-electron chi connectivity index (χ3n) is 2.76. The predicted molar refractivity (Wildman–Crippen MR) is 79.7 cm³/mol. The predicted octanol–water partition coefficient (Wildman–Crippen LogP) is 1.76. The van der Waals surface area contributed by atoms with Crippen molar-refractivity contribution < 1.29 is 9.59 Å². The molecule has 0 bridgehead atoms. The Bertz CT molecular complexity index is 560. The first-order chi connectivity index (χ1) is 9.69. The zero-order chi connectivity index (χ0) is 15.0. The normalized spacial score (nSPS) is 9.30. The zero-order valence-corrected chi connectivity index (χ0v) is 11.4.